The van der Waals surface area contributed by atoms with Gasteiger partial charge in [0.2, 0.25) is 0 Å². The normalized spacial score (nSPS) is 10.6. The predicted octanol–water partition coefficient (Wildman–Crippen LogP) is 7.28. The van der Waals surface area contributed by atoms with E-state index in [1.54, 1.807) is 0 Å². The Labute approximate surface area is 286 Å². The summed E-state index contributed by atoms with van der Waals surface area (Å²) >= 11 is 0. The molecule has 0 aliphatic heterocycles. The zero-order chi connectivity index (χ0) is 38.1. The van der Waals surface area contributed by atoms with Crippen molar-refractivity contribution in [3.05, 3.63) is 132 Å². The van der Waals surface area contributed by atoms with Crippen LogP contribution in [-0.4, -0.2) is 23.9 Å². The molecular weight excluding hydrogens is 686 g/mol. The van der Waals surface area contributed by atoms with E-state index in [1.165, 1.54) is 43.3 Å². The summed E-state index contributed by atoms with van der Waals surface area (Å²) in [5.74, 6) is 0.518. The zero-order valence-electron chi connectivity index (χ0n) is 26.2. The van der Waals surface area contributed by atoms with Gasteiger partial charge in [0, 0.05) is 34.9 Å². The van der Waals surface area contributed by atoms with Crippen LogP contribution < -0.4 is 18.9 Å². The van der Waals surface area contributed by atoms with Crippen LogP contribution in [-0.2, 0) is 31.5 Å². The molecule has 0 saturated heterocycles. The Balaban J connectivity index is 2.45. The van der Waals surface area contributed by atoms with Crippen molar-refractivity contribution in [2.45, 2.75) is 19.3 Å². The Morgan fingerprint density at radius 1 is 0.569 bits per heavy atom. The number of halogens is 6. The van der Waals surface area contributed by atoms with Crippen molar-refractivity contribution in [3.63, 3.8) is 0 Å². The summed E-state index contributed by atoms with van der Waals surface area (Å²) in [5.41, 5.74) is -7.60. The number of alkyl halides is 6. The summed E-state index contributed by atoms with van der Waals surface area (Å²) in [6.45, 7) is 14.2. The second-order valence-electron chi connectivity index (χ2n) is 9.75. The average molecular weight is 709 g/mol. The van der Waals surface area contributed by atoms with Gasteiger partial charge in [-0.3, -0.25) is 0 Å². The molecule has 0 bridgehead atoms. The number of hydrogen-bond acceptors (Lipinski definition) is 8. The SMILES string of the molecule is C=CC(=O)Oc1ccc(C#Cc2c(OC(=O)C=C)c(C(F)(F)F)c(C#Cc3ccc(OC(=O)C(=C)C)cc3)c(C(F)(F)F)c2OC(=O)C=C)cc1. The lowest BCUT2D eigenvalue weighted by molar-refractivity contribution is -0.146. The smallest absolute Gasteiger partial charge is 0.421 e. The lowest BCUT2D eigenvalue weighted by atomic mass is 9.93. The summed E-state index contributed by atoms with van der Waals surface area (Å²) in [5, 5.41) is 0. The second kappa shape index (κ2) is 16.1. The van der Waals surface area contributed by atoms with E-state index >= 15 is 0 Å². The molecule has 0 heterocycles. The first-order chi connectivity index (χ1) is 23.9. The first-order valence-corrected chi connectivity index (χ1v) is 13.9. The van der Waals surface area contributed by atoms with Crippen molar-refractivity contribution in [2.24, 2.45) is 0 Å². The minimum absolute atomic E-state index is 0.00388. The Hall–Kier alpha value is -6.80. The molecule has 0 N–H and O–H groups in total. The molecule has 0 saturated carbocycles. The van der Waals surface area contributed by atoms with E-state index in [2.05, 4.69) is 44.1 Å². The number of esters is 4. The van der Waals surface area contributed by atoms with Crippen molar-refractivity contribution in [1.29, 1.82) is 0 Å². The maximum Gasteiger partial charge on any atom is 0.421 e. The molecule has 3 aromatic rings. The van der Waals surface area contributed by atoms with Crippen molar-refractivity contribution >= 4 is 23.9 Å². The minimum Gasteiger partial charge on any atom is -0.423 e. The number of ether oxygens (including phenoxy) is 4. The fourth-order valence-corrected chi connectivity index (χ4v) is 3.81. The van der Waals surface area contributed by atoms with Crippen molar-refractivity contribution in [1.82, 2.24) is 0 Å². The van der Waals surface area contributed by atoms with Gasteiger partial charge in [-0.25, -0.2) is 19.2 Å². The molecule has 8 nitrogen and oxygen atoms in total. The van der Waals surface area contributed by atoms with Gasteiger partial charge in [0.1, 0.15) is 28.2 Å². The fraction of sp³-hybridized carbons (Fsp3) is 0.0811. The van der Waals surface area contributed by atoms with Gasteiger partial charge in [-0.15, -0.1) is 0 Å². The van der Waals surface area contributed by atoms with E-state index in [1.807, 2.05) is 5.92 Å². The van der Waals surface area contributed by atoms with Gasteiger partial charge in [-0.2, -0.15) is 26.3 Å². The number of hydrogen-bond donors (Lipinski definition) is 0. The van der Waals surface area contributed by atoms with E-state index in [0.717, 1.165) is 18.2 Å². The topological polar surface area (TPSA) is 105 Å². The highest BCUT2D eigenvalue weighted by Gasteiger charge is 2.48. The van der Waals surface area contributed by atoms with Crippen molar-refractivity contribution < 1.29 is 64.5 Å². The highest BCUT2D eigenvalue weighted by atomic mass is 19.4. The van der Waals surface area contributed by atoms with Gasteiger partial charge >= 0.3 is 36.2 Å². The lowest BCUT2D eigenvalue weighted by Crippen LogP contribution is -2.22. The highest BCUT2D eigenvalue weighted by molar-refractivity contribution is 5.89. The van der Waals surface area contributed by atoms with E-state index in [9.17, 15) is 45.5 Å². The van der Waals surface area contributed by atoms with Crippen LogP contribution in [0.25, 0.3) is 0 Å². The molecule has 0 aromatic heterocycles. The molecule has 0 aliphatic rings. The lowest BCUT2D eigenvalue weighted by Gasteiger charge is -2.23. The van der Waals surface area contributed by atoms with Gasteiger partial charge in [0.15, 0.2) is 11.5 Å². The van der Waals surface area contributed by atoms with E-state index < -0.39 is 70.0 Å². The van der Waals surface area contributed by atoms with Crippen LogP contribution in [0.1, 0.15) is 40.3 Å². The predicted molar refractivity (Wildman–Crippen MR) is 169 cm³/mol. The van der Waals surface area contributed by atoms with Crippen LogP contribution in [0.3, 0.4) is 0 Å². The van der Waals surface area contributed by atoms with Gasteiger partial charge in [0.05, 0.1) is 5.56 Å². The highest BCUT2D eigenvalue weighted by Crippen LogP contribution is 2.51. The monoisotopic (exact) mass is 708 g/mol. The number of rotatable bonds is 8. The number of carbonyl (C=O) groups excluding carboxylic acids is 4. The molecule has 0 aliphatic carbocycles. The molecule has 3 aromatic carbocycles. The Morgan fingerprint density at radius 3 is 1.27 bits per heavy atom. The van der Waals surface area contributed by atoms with Gasteiger partial charge in [0.25, 0.3) is 0 Å². The fourth-order valence-electron chi connectivity index (χ4n) is 3.81. The van der Waals surface area contributed by atoms with Crippen LogP contribution in [0.2, 0.25) is 0 Å². The average Bonchev–Trinajstić information content (AvgIpc) is 3.06. The number of carbonyl (C=O) groups is 4. The summed E-state index contributed by atoms with van der Waals surface area (Å²) in [7, 11) is 0. The van der Waals surface area contributed by atoms with Crippen LogP contribution >= 0.6 is 0 Å². The minimum atomic E-state index is -5.70. The van der Waals surface area contributed by atoms with Crippen LogP contribution in [0.5, 0.6) is 23.0 Å². The van der Waals surface area contributed by atoms with E-state index in [-0.39, 0.29) is 28.2 Å². The standard InChI is InChI=1S/C37H22F6O8/c1-6-28(44)48-24-15-9-23(10-16-24)14-20-27-33(50-29(45)7-2)31(36(38,39)40)26(32(37(41,42)43)34(27)51-30(46)8-3)19-13-22-11-17-25(18-12-22)49-35(47)21(4)5/h6-12,15-18H,1-4H2,5H3. The van der Waals surface area contributed by atoms with Gasteiger partial charge < -0.3 is 18.9 Å². The van der Waals surface area contributed by atoms with Crippen molar-refractivity contribution in [3.8, 4) is 46.7 Å². The number of benzene rings is 3. The molecule has 0 radical (unpaired) electrons. The molecule has 0 spiro atoms. The van der Waals surface area contributed by atoms with E-state index in [4.69, 9.17) is 18.9 Å². The molecular formula is C37H22F6O8. The third-order valence-corrected chi connectivity index (χ3v) is 6.03. The van der Waals surface area contributed by atoms with Crippen LogP contribution in [0, 0.1) is 23.7 Å². The third-order valence-electron chi connectivity index (χ3n) is 6.03. The zero-order valence-corrected chi connectivity index (χ0v) is 26.2. The molecule has 0 amide bonds. The van der Waals surface area contributed by atoms with Gasteiger partial charge in [-0.05, 0) is 55.5 Å². The van der Waals surface area contributed by atoms with Crippen molar-refractivity contribution in [2.75, 3.05) is 0 Å². The quantitative estimate of drug-likeness (QED) is 0.0791. The maximum atomic E-state index is 14.8. The first-order valence-electron chi connectivity index (χ1n) is 13.9. The second-order valence-corrected chi connectivity index (χ2v) is 9.75. The van der Waals surface area contributed by atoms with Crippen LogP contribution in [0.15, 0.2) is 98.6 Å². The molecule has 0 unspecified atom stereocenters. The molecule has 3 rings (SSSR count). The summed E-state index contributed by atoms with van der Waals surface area (Å²) < 4.78 is 109. The Bertz CT molecular complexity index is 2010. The Morgan fingerprint density at radius 2 is 0.922 bits per heavy atom. The molecule has 51 heavy (non-hydrogen) atoms. The molecule has 0 fully saturated rings. The molecule has 260 valence electrons. The largest absolute Gasteiger partial charge is 0.423 e. The van der Waals surface area contributed by atoms with E-state index in [0.29, 0.717) is 12.2 Å². The summed E-state index contributed by atoms with van der Waals surface area (Å²) in [6, 6.07) is 9.42. The molecule has 0 atom stereocenters. The summed E-state index contributed by atoms with van der Waals surface area (Å²) in [6.07, 6.45) is -9.66. The van der Waals surface area contributed by atoms with Gasteiger partial charge in [-0.1, -0.05) is 50.0 Å². The van der Waals surface area contributed by atoms with Crippen LogP contribution in [0.4, 0.5) is 26.3 Å². The Kier molecular flexibility index (Phi) is 12.2. The summed E-state index contributed by atoms with van der Waals surface area (Å²) in [4.78, 5) is 47.9. The first kappa shape index (κ1) is 38.6. The third kappa shape index (κ3) is 10.1. The molecule has 14 heteroatoms. The maximum absolute atomic E-state index is 14.8.